The van der Waals surface area contributed by atoms with Gasteiger partial charge in [-0.1, -0.05) is 6.07 Å². The summed E-state index contributed by atoms with van der Waals surface area (Å²) in [6, 6.07) is 4.69. The van der Waals surface area contributed by atoms with Crippen LogP contribution in [0.3, 0.4) is 0 Å². The van der Waals surface area contributed by atoms with Crippen LogP contribution in [0.5, 0.6) is 0 Å². The van der Waals surface area contributed by atoms with Gasteiger partial charge in [-0.25, -0.2) is 9.80 Å². The molecule has 4 N–H and O–H groups in total. The summed E-state index contributed by atoms with van der Waals surface area (Å²) in [5.74, 6) is -0.681. The second-order valence-corrected chi connectivity index (χ2v) is 4.51. The SMILES string of the molecule is CN(C)NC(=O)CC(N)c1ccc2[nH]c(=O)oc2c1. The lowest BCUT2D eigenvalue weighted by atomic mass is 10.0. The molecule has 0 spiro atoms. The van der Waals surface area contributed by atoms with Gasteiger partial charge >= 0.3 is 5.76 Å². The zero-order valence-corrected chi connectivity index (χ0v) is 10.8. The number of benzene rings is 1. The molecule has 0 aliphatic carbocycles. The maximum atomic E-state index is 11.6. The first-order valence-electron chi connectivity index (χ1n) is 5.81. The van der Waals surface area contributed by atoms with Crippen LogP contribution in [0.25, 0.3) is 11.1 Å². The summed E-state index contributed by atoms with van der Waals surface area (Å²) in [4.78, 5) is 25.2. The van der Waals surface area contributed by atoms with Gasteiger partial charge in [0, 0.05) is 26.6 Å². The fourth-order valence-corrected chi connectivity index (χ4v) is 1.81. The maximum Gasteiger partial charge on any atom is 0.417 e. The van der Waals surface area contributed by atoms with Crippen molar-refractivity contribution in [2.45, 2.75) is 12.5 Å². The molecule has 0 radical (unpaired) electrons. The van der Waals surface area contributed by atoms with E-state index in [2.05, 4.69) is 10.4 Å². The fraction of sp³-hybridized carbons (Fsp3) is 0.333. The van der Waals surface area contributed by atoms with Crippen molar-refractivity contribution >= 4 is 17.0 Å². The van der Waals surface area contributed by atoms with E-state index in [0.29, 0.717) is 11.1 Å². The van der Waals surface area contributed by atoms with E-state index in [-0.39, 0.29) is 12.3 Å². The molecule has 1 atom stereocenters. The number of hydrazine groups is 1. The van der Waals surface area contributed by atoms with Gasteiger partial charge in [-0.2, -0.15) is 0 Å². The third-order valence-corrected chi connectivity index (χ3v) is 2.63. The monoisotopic (exact) mass is 264 g/mol. The summed E-state index contributed by atoms with van der Waals surface area (Å²) in [6.07, 6.45) is 0.151. The Morgan fingerprint density at radius 3 is 2.95 bits per heavy atom. The molecule has 2 aromatic rings. The Hall–Kier alpha value is -2.12. The third-order valence-electron chi connectivity index (χ3n) is 2.63. The van der Waals surface area contributed by atoms with E-state index in [1.54, 1.807) is 37.3 Å². The maximum absolute atomic E-state index is 11.6. The Kier molecular flexibility index (Phi) is 3.68. The number of nitrogens with two attached hydrogens (primary N) is 1. The molecule has 7 heteroatoms. The van der Waals surface area contributed by atoms with Crippen molar-refractivity contribution in [3.63, 3.8) is 0 Å². The molecule has 1 aromatic heterocycles. The lowest BCUT2D eigenvalue weighted by molar-refractivity contribution is -0.125. The largest absolute Gasteiger partial charge is 0.417 e. The quantitative estimate of drug-likeness (QED) is 0.679. The lowest BCUT2D eigenvalue weighted by Crippen LogP contribution is -2.37. The Morgan fingerprint density at radius 2 is 2.26 bits per heavy atom. The van der Waals surface area contributed by atoms with E-state index < -0.39 is 11.8 Å². The number of aromatic amines is 1. The highest BCUT2D eigenvalue weighted by Gasteiger charge is 2.13. The molecule has 19 heavy (non-hydrogen) atoms. The van der Waals surface area contributed by atoms with Gasteiger partial charge in [0.05, 0.1) is 5.52 Å². The Balaban J connectivity index is 2.14. The second-order valence-electron chi connectivity index (χ2n) is 4.51. The number of aromatic nitrogens is 1. The topological polar surface area (TPSA) is 104 Å². The van der Waals surface area contributed by atoms with Crippen LogP contribution >= 0.6 is 0 Å². The number of carbonyl (C=O) groups excluding carboxylic acids is 1. The third kappa shape index (κ3) is 3.21. The summed E-state index contributed by atoms with van der Waals surface area (Å²) < 4.78 is 4.95. The van der Waals surface area contributed by atoms with Gasteiger partial charge in [0.1, 0.15) is 0 Å². The number of rotatable bonds is 4. The lowest BCUT2D eigenvalue weighted by Gasteiger charge is -2.15. The zero-order chi connectivity index (χ0) is 14.0. The van der Waals surface area contributed by atoms with E-state index in [4.69, 9.17) is 10.2 Å². The molecular formula is C12H16N4O3. The first-order valence-corrected chi connectivity index (χ1v) is 5.81. The number of carbonyl (C=O) groups is 1. The van der Waals surface area contributed by atoms with Gasteiger partial charge in [-0.15, -0.1) is 0 Å². The summed E-state index contributed by atoms with van der Waals surface area (Å²) in [5.41, 5.74) is 10.4. The van der Waals surface area contributed by atoms with Gasteiger partial charge in [-0.3, -0.25) is 15.2 Å². The van der Waals surface area contributed by atoms with Gasteiger partial charge < -0.3 is 10.2 Å². The molecule has 0 aliphatic rings. The van der Waals surface area contributed by atoms with Crippen molar-refractivity contribution in [1.29, 1.82) is 0 Å². The Bertz CT molecular complexity index is 644. The van der Waals surface area contributed by atoms with Crippen LogP contribution < -0.4 is 16.9 Å². The van der Waals surface area contributed by atoms with Crippen molar-refractivity contribution in [2.24, 2.45) is 5.73 Å². The van der Waals surface area contributed by atoms with Gasteiger partial charge in [-0.05, 0) is 17.7 Å². The van der Waals surface area contributed by atoms with Crippen LogP contribution in [0.4, 0.5) is 0 Å². The minimum absolute atomic E-state index is 0.151. The van der Waals surface area contributed by atoms with E-state index in [1.165, 1.54) is 0 Å². The molecule has 0 bridgehead atoms. The highest BCUT2D eigenvalue weighted by Crippen LogP contribution is 2.19. The van der Waals surface area contributed by atoms with E-state index in [0.717, 1.165) is 5.56 Å². The van der Waals surface area contributed by atoms with Crippen LogP contribution in [-0.4, -0.2) is 30.0 Å². The van der Waals surface area contributed by atoms with Gasteiger partial charge in [0.15, 0.2) is 5.58 Å². The van der Waals surface area contributed by atoms with Crippen LogP contribution in [0, 0.1) is 0 Å². The Morgan fingerprint density at radius 1 is 1.53 bits per heavy atom. The molecule has 102 valence electrons. The van der Waals surface area contributed by atoms with Crippen molar-refractivity contribution in [3.05, 3.63) is 34.3 Å². The van der Waals surface area contributed by atoms with E-state index >= 15 is 0 Å². The molecule has 2 rings (SSSR count). The van der Waals surface area contributed by atoms with Crippen molar-refractivity contribution in [3.8, 4) is 0 Å². The minimum atomic E-state index is -0.508. The van der Waals surface area contributed by atoms with Gasteiger partial charge in [0.2, 0.25) is 5.91 Å². The Labute approximate surface area is 109 Å². The number of fused-ring (bicyclic) bond motifs is 1. The molecule has 0 fully saturated rings. The van der Waals surface area contributed by atoms with Crippen LogP contribution in [0.2, 0.25) is 0 Å². The van der Waals surface area contributed by atoms with Crippen molar-refractivity contribution < 1.29 is 9.21 Å². The van der Waals surface area contributed by atoms with Crippen LogP contribution in [0.15, 0.2) is 27.4 Å². The average Bonchev–Trinajstić information content (AvgIpc) is 2.66. The second kappa shape index (κ2) is 5.25. The first-order chi connectivity index (χ1) is 8.95. The highest BCUT2D eigenvalue weighted by atomic mass is 16.4. The van der Waals surface area contributed by atoms with Crippen molar-refractivity contribution in [2.75, 3.05) is 14.1 Å². The molecule has 0 aliphatic heterocycles. The van der Waals surface area contributed by atoms with Crippen molar-refractivity contribution in [1.82, 2.24) is 15.4 Å². The number of amides is 1. The molecule has 1 amide bonds. The van der Waals surface area contributed by atoms with Crippen LogP contribution in [0.1, 0.15) is 18.0 Å². The highest BCUT2D eigenvalue weighted by molar-refractivity contribution is 5.77. The predicted octanol–water partition coefficient (Wildman–Crippen LogP) is 0.104. The molecule has 7 nitrogen and oxygen atoms in total. The summed E-state index contributed by atoms with van der Waals surface area (Å²) >= 11 is 0. The molecule has 0 saturated heterocycles. The summed E-state index contributed by atoms with van der Waals surface area (Å²) in [6.45, 7) is 0. The van der Waals surface area contributed by atoms with E-state index in [9.17, 15) is 9.59 Å². The average molecular weight is 264 g/mol. The standard InChI is InChI=1S/C12H16N4O3/c1-16(2)15-11(17)6-8(13)7-3-4-9-10(5-7)19-12(18)14-9/h3-5,8H,6,13H2,1-2H3,(H,14,18)(H,15,17). The number of oxazole rings is 1. The first kappa shape index (κ1) is 13.3. The number of nitrogens with zero attached hydrogens (tertiary/aromatic N) is 1. The molecular weight excluding hydrogens is 248 g/mol. The summed E-state index contributed by atoms with van der Waals surface area (Å²) in [5, 5.41) is 1.56. The minimum Gasteiger partial charge on any atom is -0.408 e. The molecule has 1 unspecified atom stereocenters. The summed E-state index contributed by atoms with van der Waals surface area (Å²) in [7, 11) is 3.45. The number of H-pyrrole nitrogens is 1. The smallest absolute Gasteiger partial charge is 0.408 e. The number of hydrogen-bond acceptors (Lipinski definition) is 5. The zero-order valence-electron chi connectivity index (χ0n) is 10.8. The predicted molar refractivity (Wildman–Crippen MR) is 70.2 cm³/mol. The fourth-order valence-electron chi connectivity index (χ4n) is 1.81. The van der Waals surface area contributed by atoms with E-state index in [1.807, 2.05) is 0 Å². The number of hydrogen-bond donors (Lipinski definition) is 3. The number of nitrogens with one attached hydrogen (secondary N) is 2. The molecule has 0 saturated carbocycles. The molecule has 1 aromatic carbocycles. The molecule has 1 heterocycles. The van der Waals surface area contributed by atoms with Crippen LogP contribution in [-0.2, 0) is 4.79 Å². The normalized spacial score (nSPS) is 12.8. The van der Waals surface area contributed by atoms with Gasteiger partial charge in [0.25, 0.3) is 0 Å².